The van der Waals surface area contributed by atoms with Gasteiger partial charge in [-0.15, -0.1) is 0 Å². The van der Waals surface area contributed by atoms with Crippen LogP contribution < -0.4 is 43.2 Å². The highest BCUT2D eigenvalue weighted by molar-refractivity contribution is 7.99. The number of hydrogen-bond donors (Lipinski definition) is 6. The van der Waals surface area contributed by atoms with Gasteiger partial charge in [0, 0.05) is 99.0 Å². The fraction of sp³-hybridized carbons (Fsp3) is 0.522. The maximum atomic E-state index is 13.5. The summed E-state index contributed by atoms with van der Waals surface area (Å²) in [5.74, 6) is -0.351. The van der Waals surface area contributed by atoms with E-state index >= 15 is 0 Å². The molecule has 1 unspecified atom stereocenters. The fourth-order valence-electron chi connectivity index (χ4n) is 9.37. The van der Waals surface area contributed by atoms with Crippen molar-refractivity contribution in [3.63, 3.8) is 0 Å². The molecule has 0 radical (unpaired) electrons. The minimum Gasteiger partial charge on any atom is -0.384 e. The number of nitrogens with one attached hydrogen (secondary N) is 4. The van der Waals surface area contributed by atoms with Crippen molar-refractivity contribution in [3.8, 4) is 0 Å². The van der Waals surface area contributed by atoms with Gasteiger partial charge >= 0.3 is 0 Å². The van der Waals surface area contributed by atoms with Crippen molar-refractivity contribution in [3.05, 3.63) is 64.2 Å². The zero-order valence-electron chi connectivity index (χ0n) is 37.8. The minimum atomic E-state index is -0.820. The van der Waals surface area contributed by atoms with Gasteiger partial charge in [0.25, 0.3) is 11.5 Å². The van der Waals surface area contributed by atoms with Crippen LogP contribution in [0.3, 0.4) is 0 Å². The first-order chi connectivity index (χ1) is 32.4. The number of nitrogens with two attached hydrogens (primary N) is 2. The molecule has 19 nitrogen and oxygen atoms in total. The van der Waals surface area contributed by atoms with Gasteiger partial charge in [0.15, 0.2) is 5.82 Å². The quantitative estimate of drug-likeness (QED) is 0.0657. The highest BCUT2D eigenvalue weighted by atomic mass is 35.5. The molecule has 0 aliphatic carbocycles. The lowest BCUT2D eigenvalue weighted by Gasteiger charge is -2.41. The summed E-state index contributed by atoms with van der Waals surface area (Å²) in [6.45, 7) is 11.0. The first kappa shape index (κ1) is 48.1. The number of rotatable bonds is 17. The second-order valence-corrected chi connectivity index (χ2v) is 19.3. The number of halogens is 1. The summed E-state index contributed by atoms with van der Waals surface area (Å²) < 4.78 is 7.05. The molecule has 4 amide bonds. The van der Waals surface area contributed by atoms with Gasteiger partial charge in [-0.05, 0) is 70.3 Å². The molecule has 3 atom stereocenters. The van der Waals surface area contributed by atoms with Gasteiger partial charge in [0.05, 0.1) is 41.2 Å². The van der Waals surface area contributed by atoms with E-state index in [1.54, 1.807) is 24.5 Å². The summed E-state index contributed by atoms with van der Waals surface area (Å²) in [7, 11) is 0. The van der Waals surface area contributed by atoms with Gasteiger partial charge < -0.3 is 46.9 Å². The molecular weight excluding hydrogens is 898 g/mol. The third-order valence-corrected chi connectivity index (χ3v) is 15.0. The van der Waals surface area contributed by atoms with Crippen LogP contribution in [0.15, 0.2) is 63.5 Å². The summed E-state index contributed by atoms with van der Waals surface area (Å²) in [5.41, 5.74) is 13.6. The molecule has 0 saturated carbocycles. The lowest BCUT2D eigenvalue weighted by atomic mass is 9.73. The number of benzene rings is 2. The van der Waals surface area contributed by atoms with Crippen LogP contribution in [0, 0.1) is 5.41 Å². The van der Waals surface area contributed by atoms with E-state index in [1.165, 1.54) is 16.4 Å². The third kappa shape index (κ3) is 11.5. The smallest absolute Gasteiger partial charge is 0.277 e. The Morgan fingerprint density at radius 3 is 2.34 bits per heavy atom. The normalized spacial score (nSPS) is 21.1. The summed E-state index contributed by atoms with van der Waals surface area (Å²) in [6.07, 6.45) is 7.35. The molecule has 4 aromatic rings. The van der Waals surface area contributed by atoms with Gasteiger partial charge in [-0.25, -0.2) is 14.6 Å². The van der Waals surface area contributed by atoms with Crippen molar-refractivity contribution in [1.82, 2.24) is 40.2 Å². The second kappa shape index (κ2) is 21.7. The van der Waals surface area contributed by atoms with Gasteiger partial charge in [0.1, 0.15) is 16.9 Å². The Morgan fingerprint density at radius 1 is 0.940 bits per heavy atom. The summed E-state index contributed by atoms with van der Waals surface area (Å²) in [4.78, 5) is 80.0. The van der Waals surface area contributed by atoms with E-state index in [0.717, 1.165) is 78.0 Å². The predicted molar refractivity (Wildman–Crippen MR) is 258 cm³/mol. The minimum absolute atomic E-state index is 0.00256. The summed E-state index contributed by atoms with van der Waals surface area (Å²) in [5, 5.41) is 17.8. The summed E-state index contributed by atoms with van der Waals surface area (Å²) >= 11 is 8.01. The molecule has 2 aromatic carbocycles. The lowest BCUT2D eigenvalue weighted by Crippen LogP contribution is -2.50. The number of carbonyl (C=O) groups excluding carboxylic acids is 4. The first-order valence-corrected chi connectivity index (χ1v) is 24.4. The zero-order chi connectivity index (χ0) is 47.1. The second-order valence-electron chi connectivity index (χ2n) is 17.9. The monoisotopic (exact) mass is 957 g/mol. The topological polar surface area (TPSA) is 248 Å². The molecule has 2 aromatic heterocycles. The van der Waals surface area contributed by atoms with E-state index in [-0.39, 0.29) is 66.5 Å². The van der Waals surface area contributed by atoms with Gasteiger partial charge in [-0.2, -0.15) is 5.10 Å². The molecule has 67 heavy (non-hydrogen) atoms. The molecule has 4 saturated heterocycles. The Kier molecular flexibility index (Phi) is 15.6. The maximum absolute atomic E-state index is 13.5. The third-order valence-electron chi connectivity index (χ3n) is 13.5. The van der Waals surface area contributed by atoms with Crippen LogP contribution in [-0.4, -0.2) is 137 Å². The number of nitrogen functional groups attached to an aromatic ring is 1. The van der Waals surface area contributed by atoms with Crippen LogP contribution in [0.5, 0.6) is 0 Å². The number of ether oxygens (including phenoxy) is 1. The average Bonchev–Trinajstić information content (AvgIpc) is 3.59. The Balaban J connectivity index is 0.696. The Labute approximate surface area is 398 Å². The Hall–Kier alpha value is -5.38. The van der Waals surface area contributed by atoms with Crippen LogP contribution in [0.2, 0.25) is 5.02 Å². The van der Waals surface area contributed by atoms with Crippen LogP contribution in [0.4, 0.5) is 23.0 Å². The molecule has 6 heterocycles. The lowest BCUT2D eigenvalue weighted by molar-refractivity contribution is -0.136. The average molecular weight is 959 g/mol. The SMILES string of the molecule is C[C@@H]1OCC2(CCN(c3cnc(Sc4cccc(NC(=O)CCC(=O)NCCCN5CCN(CCCNc6cccc7cnn(C8CCC(=O)NC8=O)c(=O)c67)CC5)c4Cl)c(N)n3)CC2)[C@@H]1N. The van der Waals surface area contributed by atoms with Gasteiger partial charge in [0.2, 0.25) is 17.7 Å². The largest absolute Gasteiger partial charge is 0.384 e. The standard InChI is InChI=1S/C46H60ClN13O6S/c1-29-41(48)46(28-66-29)14-20-59(21-15-46)35-27-52-44(42(49)55-35)67-34-9-3-8-32(40(34)47)54-37(62)13-12-36(61)51-17-5-19-58-24-22-57(23-25-58)18-4-16-50-31-7-2-6-30-26-53-60(45(65)39(30)31)33-10-11-38(63)56-43(33)64/h2-3,6-9,26-27,29,33,41,50H,4-5,10-25,28,48H2,1H3,(H2,49,55)(H,51,61)(H,54,62)(H,56,63,64)/t29-,33?,41+/m0/s1. The van der Waals surface area contributed by atoms with Crippen molar-refractivity contribution in [2.24, 2.45) is 11.1 Å². The number of amides is 4. The number of nitrogens with zero attached hydrogens (tertiary/aromatic N) is 7. The molecular formula is C46H60ClN13O6S. The summed E-state index contributed by atoms with van der Waals surface area (Å²) in [6, 6.07) is 10.1. The molecule has 21 heteroatoms. The number of carbonyl (C=O) groups is 4. The molecule has 1 spiro atoms. The molecule has 4 aliphatic heterocycles. The number of piperidine rings is 2. The predicted octanol–water partition coefficient (Wildman–Crippen LogP) is 3.23. The Morgan fingerprint density at radius 2 is 1.64 bits per heavy atom. The highest BCUT2D eigenvalue weighted by Gasteiger charge is 2.47. The molecule has 0 bridgehead atoms. The van der Waals surface area contributed by atoms with Crippen LogP contribution >= 0.6 is 23.4 Å². The van der Waals surface area contributed by atoms with Crippen LogP contribution in [0.1, 0.15) is 64.3 Å². The molecule has 8 N–H and O–H groups in total. The van der Waals surface area contributed by atoms with Crippen molar-refractivity contribution < 1.29 is 23.9 Å². The van der Waals surface area contributed by atoms with E-state index in [2.05, 4.69) is 51.0 Å². The van der Waals surface area contributed by atoms with E-state index in [1.807, 2.05) is 31.2 Å². The first-order valence-electron chi connectivity index (χ1n) is 23.2. The molecule has 4 fully saturated rings. The van der Waals surface area contributed by atoms with E-state index in [4.69, 9.17) is 27.8 Å². The number of imide groups is 1. The van der Waals surface area contributed by atoms with E-state index in [0.29, 0.717) is 68.4 Å². The van der Waals surface area contributed by atoms with E-state index < -0.39 is 11.9 Å². The van der Waals surface area contributed by atoms with Crippen LogP contribution in [0.25, 0.3) is 10.8 Å². The number of aromatic nitrogens is 4. The zero-order valence-corrected chi connectivity index (χ0v) is 39.4. The highest BCUT2D eigenvalue weighted by Crippen LogP contribution is 2.43. The molecule has 4 aliphatic rings. The molecule has 358 valence electrons. The number of fused-ring (bicyclic) bond motifs is 1. The maximum Gasteiger partial charge on any atom is 0.277 e. The van der Waals surface area contributed by atoms with Gasteiger partial charge in [-0.1, -0.05) is 41.6 Å². The van der Waals surface area contributed by atoms with E-state index in [9.17, 15) is 24.0 Å². The van der Waals surface area contributed by atoms with Crippen LogP contribution in [-0.2, 0) is 23.9 Å². The number of piperazine rings is 1. The fourth-order valence-corrected chi connectivity index (χ4v) is 10.5. The van der Waals surface area contributed by atoms with Crippen molar-refractivity contribution >= 4 is 80.8 Å². The van der Waals surface area contributed by atoms with Crippen molar-refractivity contribution in [2.45, 2.75) is 86.4 Å². The molecule has 8 rings (SSSR count). The Bertz CT molecular complexity index is 2510. The van der Waals surface area contributed by atoms with Crippen molar-refractivity contribution in [1.29, 1.82) is 0 Å². The number of anilines is 4. The van der Waals surface area contributed by atoms with Crippen molar-refractivity contribution in [2.75, 3.05) is 93.3 Å². The van der Waals surface area contributed by atoms with Gasteiger partial charge in [-0.3, -0.25) is 29.3 Å². The number of hydrogen-bond acceptors (Lipinski definition) is 16.